The van der Waals surface area contributed by atoms with Crippen molar-refractivity contribution in [1.82, 2.24) is 14.8 Å². The van der Waals surface area contributed by atoms with Gasteiger partial charge in [0.1, 0.15) is 5.82 Å². The first-order valence-corrected chi connectivity index (χ1v) is 11.1. The van der Waals surface area contributed by atoms with E-state index in [1.165, 1.54) is 43.2 Å². The molecule has 2 saturated heterocycles. The number of aromatic nitrogens is 3. The molecule has 4 rings (SSSR count). The molecule has 0 amide bonds. The van der Waals surface area contributed by atoms with Crippen molar-refractivity contribution in [2.75, 3.05) is 30.3 Å². The molecule has 2 aliphatic heterocycles. The highest BCUT2D eigenvalue weighted by Crippen LogP contribution is 2.29. The van der Waals surface area contributed by atoms with Crippen molar-refractivity contribution in [3.63, 3.8) is 0 Å². The van der Waals surface area contributed by atoms with Crippen LogP contribution in [0.5, 0.6) is 0 Å². The van der Waals surface area contributed by atoms with E-state index in [9.17, 15) is 9.50 Å². The van der Waals surface area contributed by atoms with Crippen LogP contribution in [0, 0.1) is 5.82 Å². The second-order valence-corrected chi connectivity index (χ2v) is 8.44. The van der Waals surface area contributed by atoms with Gasteiger partial charge in [0.25, 0.3) is 0 Å². The van der Waals surface area contributed by atoms with Crippen molar-refractivity contribution >= 4 is 17.7 Å². The summed E-state index contributed by atoms with van der Waals surface area (Å²) >= 11 is 1.49. The van der Waals surface area contributed by atoms with Gasteiger partial charge in [-0.15, -0.1) is 10.2 Å². The van der Waals surface area contributed by atoms with Gasteiger partial charge in [-0.3, -0.25) is 4.57 Å². The Kier molecular flexibility index (Phi) is 6.49. The maximum Gasteiger partial charge on any atom is 0.228 e. The number of nitrogens with zero attached hydrogens (tertiary/aromatic N) is 4. The Balaban J connectivity index is 1.48. The Labute approximate surface area is 169 Å². The van der Waals surface area contributed by atoms with Crippen LogP contribution in [-0.4, -0.2) is 51.4 Å². The zero-order valence-electron chi connectivity index (χ0n) is 16.0. The van der Waals surface area contributed by atoms with Crippen LogP contribution >= 0.6 is 11.8 Å². The third-order valence-electron chi connectivity index (χ3n) is 5.37. The average molecular weight is 407 g/mol. The summed E-state index contributed by atoms with van der Waals surface area (Å²) in [5.74, 6) is 1.05. The van der Waals surface area contributed by atoms with Gasteiger partial charge in [0.05, 0.1) is 18.8 Å². The molecular weight excluding hydrogens is 379 g/mol. The van der Waals surface area contributed by atoms with Crippen molar-refractivity contribution in [2.45, 2.75) is 56.0 Å². The smallest absolute Gasteiger partial charge is 0.228 e. The minimum Gasteiger partial charge on any atom is -0.388 e. The molecule has 1 aromatic heterocycles. The first-order valence-electron chi connectivity index (χ1n) is 10.1. The Morgan fingerprint density at radius 1 is 1.14 bits per heavy atom. The number of hydrogen-bond acceptors (Lipinski definition) is 6. The van der Waals surface area contributed by atoms with Crippen molar-refractivity contribution in [3.8, 4) is 0 Å². The standard InChI is InChI=1S/C20H27FN4O2S/c21-16-8-6-15(7-9-16)18(26)14-28-20-23-22-19(24-10-2-1-3-11-24)25(20)13-17-5-4-12-27-17/h6-9,17-18,26H,1-5,10-14H2. The van der Waals surface area contributed by atoms with Gasteiger partial charge >= 0.3 is 0 Å². The zero-order valence-corrected chi connectivity index (χ0v) is 16.8. The Morgan fingerprint density at radius 3 is 2.64 bits per heavy atom. The van der Waals surface area contributed by atoms with Gasteiger partial charge in [0.2, 0.25) is 5.95 Å². The topological polar surface area (TPSA) is 63.4 Å². The molecule has 8 heteroatoms. The van der Waals surface area contributed by atoms with Gasteiger partial charge in [-0.25, -0.2) is 4.39 Å². The number of hydrogen-bond donors (Lipinski definition) is 1. The summed E-state index contributed by atoms with van der Waals surface area (Å²) in [5, 5.41) is 20.2. The van der Waals surface area contributed by atoms with Crippen molar-refractivity contribution in [1.29, 1.82) is 0 Å². The third-order valence-corrected chi connectivity index (χ3v) is 6.41. The number of thioether (sulfide) groups is 1. The first-order chi connectivity index (χ1) is 13.7. The molecule has 6 nitrogen and oxygen atoms in total. The highest BCUT2D eigenvalue weighted by atomic mass is 32.2. The molecule has 28 heavy (non-hydrogen) atoms. The van der Waals surface area contributed by atoms with Crippen molar-refractivity contribution in [3.05, 3.63) is 35.6 Å². The Morgan fingerprint density at radius 2 is 1.93 bits per heavy atom. The largest absolute Gasteiger partial charge is 0.388 e. The summed E-state index contributed by atoms with van der Waals surface area (Å²) in [7, 11) is 0. The van der Waals surface area contributed by atoms with Gasteiger partial charge < -0.3 is 14.7 Å². The maximum absolute atomic E-state index is 13.1. The van der Waals surface area contributed by atoms with E-state index >= 15 is 0 Å². The van der Waals surface area contributed by atoms with E-state index in [4.69, 9.17) is 4.74 Å². The number of aliphatic hydroxyl groups is 1. The fourth-order valence-electron chi connectivity index (χ4n) is 3.80. The normalized spacial score (nSPS) is 21.2. The first kappa shape index (κ1) is 19.7. The van der Waals surface area contributed by atoms with Gasteiger partial charge in [-0.2, -0.15) is 0 Å². The van der Waals surface area contributed by atoms with Gasteiger partial charge in [0.15, 0.2) is 5.16 Å². The summed E-state index contributed by atoms with van der Waals surface area (Å²) in [6.45, 7) is 3.57. The van der Waals surface area contributed by atoms with Crippen LogP contribution in [0.15, 0.2) is 29.4 Å². The van der Waals surface area contributed by atoms with Gasteiger partial charge in [-0.1, -0.05) is 23.9 Å². The second kappa shape index (κ2) is 9.24. The number of piperidine rings is 1. The van der Waals surface area contributed by atoms with Crippen LogP contribution in [0.2, 0.25) is 0 Å². The van der Waals surface area contributed by atoms with E-state index in [1.807, 2.05) is 0 Å². The molecule has 0 aliphatic carbocycles. The van der Waals surface area contributed by atoms with Crippen molar-refractivity contribution < 1.29 is 14.2 Å². The maximum atomic E-state index is 13.1. The predicted octanol–water partition coefficient (Wildman–Crippen LogP) is 3.41. The summed E-state index contributed by atoms with van der Waals surface area (Å²) in [4.78, 5) is 2.31. The number of rotatable bonds is 7. The highest BCUT2D eigenvalue weighted by molar-refractivity contribution is 7.99. The highest BCUT2D eigenvalue weighted by Gasteiger charge is 2.25. The lowest BCUT2D eigenvalue weighted by molar-refractivity contribution is 0.0951. The van der Waals surface area contributed by atoms with Crippen LogP contribution in [0.3, 0.4) is 0 Å². The molecular formula is C20H27FN4O2S. The molecule has 2 aliphatic rings. The monoisotopic (exact) mass is 406 g/mol. The predicted molar refractivity (Wildman–Crippen MR) is 107 cm³/mol. The number of benzene rings is 1. The van der Waals surface area contributed by atoms with E-state index in [0.717, 1.165) is 50.2 Å². The average Bonchev–Trinajstić information content (AvgIpc) is 3.38. The van der Waals surface area contributed by atoms with Crippen LogP contribution in [0.4, 0.5) is 10.3 Å². The third kappa shape index (κ3) is 4.67. The Hall–Kier alpha value is -1.64. The molecule has 2 fully saturated rings. The lowest BCUT2D eigenvalue weighted by Gasteiger charge is -2.28. The number of anilines is 1. The molecule has 2 unspecified atom stereocenters. The molecule has 1 N–H and O–H groups in total. The minimum absolute atomic E-state index is 0.195. The number of ether oxygens (including phenoxy) is 1. The number of aliphatic hydroxyl groups excluding tert-OH is 1. The molecule has 0 radical (unpaired) electrons. The molecule has 0 saturated carbocycles. The SMILES string of the molecule is OC(CSc1nnc(N2CCCCC2)n1CC1CCCO1)c1ccc(F)cc1. The van der Waals surface area contributed by atoms with E-state index in [2.05, 4.69) is 19.7 Å². The minimum atomic E-state index is -0.683. The van der Waals surface area contributed by atoms with E-state index < -0.39 is 6.10 Å². The fraction of sp³-hybridized carbons (Fsp3) is 0.600. The molecule has 1 aromatic carbocycles. The zero-order chi connectivity index (χ0) is 19.3. The molecule has 2 atom stereocenters. The molecule has 3 heterocycles. The molecule has 2 aromatic rings. The Bertz CT molecular complexity index is 758. The van der Waals surface area contributed by atoms with Gasteiger partial charge in [0, 0.05) is 25.4 Å². The quantitative estimate of drug-likeness (QED) is 0.711. The molecule has 0 bridgehead atoms. The van der Waals surface area contributed by atoms with Crippen molar-refractivity contribution in [2.24, 2.45) is 0 Å². The van der Waals surface area contributed by atoms with E-state index in [-0.39, 0.29) is 11.9 Å². The summed E-state index contributed by atoms with van der Waals surface area (Å²) in [6.07, 6.45) is 5.29. The molecule has 0 spiro atoms. The summed E-state index contributed by atoms with van der Waals surface area (Å²) in [6, 6.07) is 5.99. The lowest BCUT2D eigenvalue weighted by atomic mass is 10.1. The summed E-state index contributed by atoms with van der Waals surface area (Å²) < 4.78 is 21.1. The summed E-state index contributed by atoms with van der Waals surface area (Å²) in [5.41, 5.74) is 0.704. The number of halogens is 1. The second-order valence-electron chi connectivity index (χ2n) is 7.45. The van der Waals surface area contributed by atoms with Gasteiger partial charge in [-0.05, 0) is 49.8 Å². The van der Waals surface area contributed by atoms with E-state index in [1.54, 1.807) is 12.1 Å². The lowest BCUT2D eigenvalue weighted by Crippen LogP contribution is -2.33. The fourth-order valence-corrected chi connectivity index (χ4v) is 4.71. The van der Waals surface area contributed by atoms with Crippen LogP contribution in [-0.2, 0) is 11.3 Å². The molecule has 152 valence electrons. The van der Waals surface area contributed by atoms with E-state index in [0.29, 0.717) is 11.3 Å². The van der Waals surface area contributed by atoms with Crippen LogP contribution in [0.25, 0.3) is 0 Å². The van der Waals surface area contributed by atoms with Crippen LogP contribution < -0.4 is 4.90 Å². The van der Waals surface area contributed by atoms with Crippen LogP contribution in [0.1, 0.15) is 43.8 Å².